The molecule has 0 aliphatic heterocycles. The van der Waals surface area contributed by atoms with Crippen molar-refractivity contribution >= 4 is 15.5 Å². The molecule has 0 aromatic heterocycles. The first-order valence-corrected chi connectivity index (χ1v) is 7.85. The van der Waals surface area contributed by atoms with Gasteiger partial charge in [-0.15, -0.1) is 0 Å². The van der Waals surface area contributed by atoms with Crippen molar-refractivity contribution in [1.82, 2.24) is 0 Å². The first-order valence-electron chi connectivity index (χ1n) is 6.31. The SMILES string of the molecule is Nc1ccc(F)cc1S(=O)(=O)C1CCCCCC1. The summed E-state index contributed by atoms with van der Waals surface area (Å²) in [5.41, 5.74) is 5.81. The second kappa shape index (κ2) is 5.26. The lowest BCUT2D eigenvalue weighted by molar-refractivity contribution is 0.561. The summed E-state index contributed by atoms with van der Waals surface area (Å²) in [4.78, 5) is -0.0469. The molecule has 1 saturated carbocycles. The molecule has 1 aromatic rings. The molecule has 0 bridgehead atoms. The highest BCUT2D eigenvalue weighted by molar-refractivity contribution is 7.92. The molecule has 1 aliphatic rings. The van der Waals surface area contributed by atoms with Crippen molar-refractivity contribution in [2.75, 3.05) is 5.73 Å². The number of nitrogens with two attached hydrogens (primary N) is 1. The minimum atomic E-state index is -3.50. The summed E-state index contributed by atoms with van der Waals surface area (Å²) in [5, 5.41) is -0.413. The predicted molar refractivity (Wildman–Crippen MR) is 69.5 cm³/mol. The van der Waals surface area contributed by atoms with Crippen LogP contribution in [0.4, 0.5) is 10.1 Å². The quantitative estimate of drug-likeness (QED) is 0.664. The summed E-state index contributed by atoms with van der Waals surface area (Å²) in [6.07, 6.45) is 5.28. The Kier molecular flexibility index (Phi) is 3.90. The van der Waals surface area contributed by atoms with Gasteiger partial charge >= 0.3 is 0 Å². The molecule has 1 aliphatic carbocycles. The monoisotopic (exact) mass is 271 g/mol. The highest BCUT2D eigenvalue weighted by atomic mass is 32.2. The Labute approximate surface area is 107 Å². The van der Waals surface area contributed by atoms with Crippen molar-refractivity contribution < 1.29 is 12.8 Å². The molecule has 0 radical (unpaired) electrons. The zero-order valence-electron chi connectivity index (χ0n) is 10.2. The molecule has 0 saturated heterocycles. The maximum atomic E-state index is 13.2. The van der Waals surface area contributed by atoms with Crippen LogP contribution in [0.5, 0.6) is 0 Å². The molecule has 18 heavy (non-hydrogen) atoms. The maximum Gasteiger partial charge on any atom is 0.183 e. The molecular weight excluding hydrogens is 253 g/mol. The van der Waals surface area contributed by atoms with Gasteiger partial charge in [-0.25, -0.2) is 12.8 Å². The summed E-state index contributed by atoms with van der Waals surface area (Å²) >= 11 is 0. The number of benzene rings is 1. The van der Waals surface area contributed by atoms with Crippen LogP contribution in [0.3, 0.4) is 0 Å². The number of hydrogen-bond acceptors (Lipinski definition) is 3. The molecule has 1 aromatic carbocycles. The number of halogens is 1. The third kappa shape index (κ3) is 2.66. The van der Waals surface area contributed by atoms with Crippen LogP contribution in [0, 0.1) is 5.82 Å². The maximum absolute atomic E-state index is 13.2. The number of anilines is 1. The van der Waals surface area contributed by atoms with Crippen molar-refractivity contribution in [3.05, 3.63) is 24.0 Å². The van der Waals surface area contributed by atoms with Gasteiger partial charge < -0.3 is 5.73 Å². The van der Waals surface area contributed by atoms with Crippen LogP contribution in [0.1, 0.15) is 38.5 Å². The largest absolute Gasteiger partial charge is 0.398 e. The van der Waals surface area contributed by atoms with Crippen molar-refractivity contribution in [3.8, 4) is 0 Å². The topological polar surface area (TPSA) is 60.2 Å². The average molecular weight is 271 g/mol. The van der Waals surface area contributed by atoms with Crippen LogP contribution in [-0.4, -0.2) is 13.7 Å². The van der Waals surface area contributed by atoms with Gasteiger partial charge in [0.05, 0.1) is 15.8 Å². The fraction of sp³-hybridized carbons (Fsp3) is 0.538. The Bertz CT molecular complexity index is 520. The van der Waals surface area contributed by atoms with Gasteiger partial charge in [0.15, 0.2) is 9.84 Å². The van der Waals surface area contributed by atoms with E-state index in [9.17, 15) is 12.8 Å². The van der Waals surface area contributed by atoms with E-state index in [4.69, 9.17) is 5.73 Å². The minimum Gasteiger partial charge on any atom is -0.398 e. The van der Waals surface area contributed by atoms with E-state index in [1.165, 1.54) is 12.1 Å². The van der Waals surface area contributed by atoms with Gasteiger partial charge in [0.1, 0.15) is 5.82 Å². The number of sulfone groups is 1. The van der Waals surface area contributed by atoms with E-state index in [1.807, 2.05) is 0 Å². The van der Waals surface area contributed by atoms with E-state index in [2.05, 4.69) is 0 Å². The summed E-state index contributed by atoms with van der Waals surface area (Å²) in [6, 6.07) is 3.54. The molecule has 3 nitrogen and oxygen atoms in total. The fourth-order valence-corrected chi connectivity index (χ4v) is 4.47. The van der Waals surface area contributed by atoms with Crippen molar-refractivity contribution in [2.45, 2.75) is 48.7 Å². The Morgan fingerprint density at radius 1 is 1.11 bits per heavy atom. The molecule has 0 amide bonds. The molecule has 1 fully saturated rings. The Hall–Kier alpha value is -1.10. The first kappa shape index (κ1) is 13.3. The van der Waals surface area contributed by atoms with E-state index >= 15 is 0 Å². The lowest BCUT2D eigenvalue weighted by Crippen LogP contribution is -2.22. The molecule has 2 rings (SSSR count). The minimum absolute atomic E-state index is 0.0469. The van der Waals surface area contributed by atoms with E-state index in [-0.39, 0.29) is 10.6 Å². The van der Waals surface area contributed by atoms with Gasteiger partial charge in [0.2, 0.25) is 0 Å². The lowest BCUT2D eigenvalue weighted by atomic mass is 10.2. The Balaban J connectivity index is 2.37. The van der Waals surface area contributed by atoms with Crippen LogP contribution in [-0.2, 0) is 9.84 Å². The third-order valence-corrected chi connectivity index (χ3v) is 5.84. The van der Waals surface area contributed by atoms with Gasteiger partial charge in [-0.2, -0.15) is 0 Å². The smallest absolute Gasteiger partial charge is 0.183 e. The highest BCUT2D eigenvalue weighted by Crippen LogP contribution is 2.30. The van der Waals surface area contributed by atoms with Gasteiger partial charge in [0, 0.05) is 0 Å². The molecule has 100 valence electrons. The van der Waals surface area contributed by atoms with E-state index in [1.54, 1.807) is 0 Å². The zero-order chi connectivity index (χ0) is 13.2. The molecule has 0 atom stereocenters. The molecule has 0 heterocycles. The lowest BCUT2D eigenvalue weighted by Gasteiger charge is -2.16. The van der Waals surface area contributed by atoms with Crippen molar-refractivity contribution in [1.29, 1.82) is 0 Å². The zero-order valence-corrected chi connectivity index (χ0v) is 11.0. The van der Waals surface area contributed by atoms with Gasteiger partial charge in [-0.05, 0) is 31.0 Å². The molecular formula is C13H18FNO2S. The summed E-state index contributed by atoms with van der Waals surface area (Å²) in [5.74, 6) is -0.559. The van der Waals surface area contributed by atoms with Gasteiger partial charge in [0.25, 0.3) is 0 Å². The predicted octanol–water partition coefficient (Wildman–Crippen LogP) is 2.90. The molecule has 2 N–H and O–H groups in total. The Morgan fingerprint density at radius 3 is 2.33 bits per heavy atom. The van der Waals surface area contributed by atoms with Gasteiger partial charge in [-0.3, -0.25) is 0 Å². The first-order chi connectivity index (χ1) is 8.51. The second-order valence-electron chi connectivity index (χ2n) is 4.84. The van der Waals surface area contributed by atoms with E-state index in [0.29, 0.717) is 12.8 Å². The highest BCUT2D eigenvalue weighted by Gasteiger charge is 2.29. The van der Waals surface area contributed by atoms with Crippen molar-refractivity contribution in [2.24, 2.45) is 0 Å². The van der Waals surface area contributed by atoms with Crippen LogP contribution in [0.25, 0.3) is 0 Å². The number of hydrogen-bond donors (Lipinski definition) is 1. The Morgan fingerprint density at radius 2 is 1.72 bits per heavy atom. The fourth-order valence-electron chi connectivity index (χ4n) is 2.49. The third-order valence-electron chi connectivity index (χ3n) is 3.52. The van der Waals surface area contributed by atoms with Gasteiger partial charge in [-0.1, -0.05) is 25.7 Å². The molecule has 0 spiro atoms. The van der Waals surface area contributed by atoms with Crippen molar-refractivity contribution in [3.63, 3.8) is 0 Å². The standard InChI is InChI=1S/C13H18FNO2S/c14-10-7-8-12(15)13(9-10)18(16,17)11-5-3-1-2-4-6-11/h7-9,11H,1-6,15H2. The number of nitrogen functional groups attached to an aromatic ring is 1. The normalized spacial score (nSPS) is 18.5. The van der Waals surface area contributed by atoms with Crippen LogP contribution in [0.2, 0.25) is 0 Å². The van der Waals surface area contributed by atoms with E-state index < -0.39 is 20.9 Å². The molecule has 5 heteroatoms. The average Bonchev–Trinajstić information content (AvgIpc) is 2.61. The summed E-state index contributed by atoms with van der Waals surface area (Å²) in [6.45, 7) is 0. The van der Waals surface area contributed by atoms with Crippen LogP contribution >= 0.6 is 0 Å². The summed E-state index contributed by atoms with van der Waals surface area (Å²) in [7, 11) is -3.50. The van der Waals surface area contributed by atoms with Crippen LogP contribution in [0.15, 0.2) is 23.1 Å². The number of rotatable bonds is 2. The summed E-state index contributed by atoms with van der Waals surface area (Å²) < 4.78 is 38.1. The van der Waals surface area contributed by atoms with Crippen LogP contribution < -0.4 is 5.73 Å². The molecule has 0 unspecified atom stereocenters. The van der Waals surface area contributed by atoms with E-state index in [0.717, 1.165) is 31.7 Å². The second-order valence-corrected chi connectivity index (χ2v) is 7.04.